The maximum atomic E-state index is 12.4. The van der Waals surface area contributed by atoms with Gasteiger partial charge in [-0.2, -0.15) is 5.10 Å². The number of benzene rings is 2. The first-order valence-electron chi connectivity index (χ1n) is 13.4. The summed E-state index contributed by atoms with van der Waals surface area (Å²) in [6.45, 7) is 7.90. The van der Waals surface area contributed by atoms with E-state index in [2.05, 4.69) is 22.7 Å². The van der Waals surface area contributed by atoms with Gasteiger partial charge in [-0.05, 0) is 73.9 Å². The number of aryl methyl sites for hydroxylation is 1. The molecule has 1 aromatic heterocycles. The highest BCUT2D eigenvalue weighted by Gasteiger charge is 2.37. The van der Waals surface area contributed by atoms with Crippen LogP contribution in [0.4, 0.5) is 0 Å². The van der Waals surface area contributed by atoms with Crippen molar-refractivity contribution in [3.63, 3.8) is 0 Å². The topological polar surface area (TPSA) is 86.4 Å². The van der Waals surface area contributed by atoms with Gasteiger partial charge in [0.05, 0.1) is 25.9 Å². The quantitative estimate of drug-likeness (QED) is 0.317. The summed E-state index contributed by atoms with van der Waals surface area (Å²) in [5.41, 5.74) is 6.63. The molecule has 0 spiro atoms. The molecule has 8 nitrogen and oxygen atoms in total. The Morgan fingerprint density at radius 2 is 2.00 bits per heavy atom. The van der Waals surface area contributed by atoms with Gasteiger partial charge in [0.15, 0.2) is 6.61 Å². The number of carbonyl (C=O) groups excluding carboxylic acids is 1. The van der Waals surface area contributed by atoms with Gasteiger partial charge in [0.25, 0.3) is 11.5 Å². The molecule has 0 aliphatic carbocycles. The van der Waals surface area contributed by atoms with Crippen LogP contribution in [0.1, 0.15) is 41.6 Å². The number of nitrogens with zero attached hydrogens (tertiary/aromatic N) is 2. The summed E-state index contributed by atoms with van der Waals surface area (Å²) in [5.74, 6) is 1.99. The first kappa shape index (κ1) is 27.0. The number of carbonyl (C=O) groups is 1. The van der Waals surface area contributed by atoms with Gasteiger partial charge in [-0.15, -0.1) is 0 Å². The lowest BCUT2D eigenvalue weighted by Gasteiger charge is -2.40. The van der Waals surface area contributed by atoms with E-state index in [1.807, 2.05) is 36.6 Å². The van der Waals surface area contributed by atoms with E-state index in [9.17, 15) is 9.59 Å². The summed E-state index contributed by atoms with van der Waals surface area (Å²) < 4.78 is 13.5. The number of quaternary nitrogens is 1. The van der Waals surface area contributed by atoms with Gasteiger partial charge in [0, 0.05) is 40.7 Å². The van der Waals surface area contributed by atoms with Crippen molar-refractivity contribution in [1.82, 2.24) is 9.99 Å². The largest absolute Gasteiger partial charge is 0.493 e. The molecule has 2 aliphatic heterocycles. The molecule has 0 saturated carbocycles. The molecule has 1 amide bonds. The lowest BCUT2D eigenvalue weighted by Crippen LogP contribution is -3.13. The van der Waals surface area contributed by atoms with E-state index in [0.29, 0.717) is 29.2 Å². The fourth-order valence-corrected chi connectivity index (χ4v) is 6.00. The minimum atomic E-state index is -0.351. The van der Waals surface area contributed by atoms with Gasteiger partial charge in [0.2, 0.25) is 0 Å². The molecule has 2 bridgehead atoms. The molecule has 204 valence electrons. The Morgan fingerprint density at radius 3 is 2.82 bits per heavy atom. The van der Waals surface area contributed by atoms with Crippen molar-refractivity contribution in [3.8, 4) is 11.5 Å². The van der Waals surface area contributed by atoms with Crippen LogP contribution >= 0.6 is 11.6 Å². The molecule has 1 fully saturated rings. The molecule has 5 rings (SSSR count). The van der Waals surface area contributed by atoms with Crippen LogP contribution in [-0.2, 0) is 17.9 Å². The van der Waals surface area contributed by atoms with E-state index in [0.717, 1.165) is 60.7 Å². The maximum absolute atomic E-state index is 12.4. The third-order valence-electron chi connectivity index (χ3n) is 7.40. The van der Waals surface area contributed by atoms with E-state index in [4.69, 9.17) is 21.1 Å². The van der Waals surface area contributed by atoms with Gasteiger partial charge in [-0.25, -0.2) is 5.43 Å². The number of halogens is 1. The van der Waals surface area contributed by atoms with Crippen molar-refractivity contribution in [1.29, 1.82) is 0 Å². The first-order chi connectivity index (χ1) is 18.9. The Balaban J connectivity index is 1.22. The van der Waals surface area contributed by atoms with Gasteiger partial charge >= 0.3 is 0 Å². The van der Waals surface area contributed by atoms with Crippen molar-refractivity contribution >= 4 is 23.7 Å². The molecule has 2 aliphatic rings. The Hall–Kier alpha value is -3.62. The number of pyridine rings is 1. The van der Waals surface area contributed by atoms with E-state index in [1.165, 1.54) is 4.90 Å². The van der Waals surface area contributed by atoms with Crippen LogP contribution in [0.3, 0.4) is 0 Å². The predicted octanol–water partition coefficient (Wildman–Crippen LogP) is 2.94. The number of amides is 1. The molecule has 3 heterocycles. The Bertz CT molecular complexity index is 1440. The second kappa shape index (κ2) is 12.1. The Morgan fingerprint density at radius 1 is 1.15 bits per heavy atom. The lowest BCUT2D eigenvalue weighted by molar-refractivity contribution is -0.924. The second-order valence-electron chi connectivity index (χ2n) is 10.3. The molecular formula is C30H34ClN4O4+. The summed E-state index contributed by atoms with van der Waals surface area (Å²) in [6, 6.07) is 16.9. The zero-order chi connectivity index (χ0) is 27.4. The summed E-state index contributed by atoms with van der Waals surface area (Å²) in [7, 11) is 0. The number of rotatable bonds is 9. The maximum Gasteiger partial charge on any atom is 0.277 e. The highest BCUT2D eigenvalue weighted by atomic mass is 35.5. The zero-order valence-corrected chi connectivity index (χ0v) is 23.0. The number of hydrogen-bond donors (Lipinski definition) is 2. The van der Waals surface area contributed by atoms with Crippen molar-refractivity contribution in [2.24, 2.45) is 11.0 Å². The van der Waals surface area contributed by atoms with E-state index in [1.54, 1.807) is 30.5 Å². The van der Waals surface area contributed by atoms with Crippen LogP contribution < -0.4 is 25.4 Å². The number of ether oxygens (including phenoxy) is 2. The molecular weight excluding hydrogens is 516 g/mol. The summed E-state index contributed by atoms with van der Waals surface area (Å²) in [4.78, 5) is 26.1. The van der Waals surface area contributed by atoms with Crippen molar-refractivity contribution < 1.29 is 19.2 Å². The van der Waals surface area contributed by atoms with Gasteiger partial charge in [0.1, 0.15) is 18.0 Å². The smallest absolute Gasteiger partial charge is 0.277 e. The van der Waals surface area contributed by atoms with E-state index >= 15 is 0 Å². The molecule has 3 aromatic rings. The molecule has 0 radical (unpaired) electrons. The number of nitrogens with one attached hydrogen (secondary N) is 2. The zero-order valence-electron chi connectivity index (χ0n) is 22.3. The fourth-order valence-electron chi connectivity index (χ4n) is 5.78. The average Bonchev–Trinajstić information content (AvgIpc) is 2.90. The molecule has 1 saturated heterocycles. The molecule has 2 aromatic carbocycles. The minimum Gasteiger partial charge on any atom is -0.493 e. The number of hydrogen-bond acceptors (Lipinski definition) is 5. The van der Waals surface area contributed by atoms with Gasteiger partial charge in [-0.3, -0.25) is 9.59 Å². The number of aromatic nitrogens is 1. The molecule has 3 atom stereocenters. The molecule has 3 unspecified atom stereocenters. The Labute approximate surface area is 233 Å². The number of likely N-dealkylation sites (tertiary alicyclic amines) is 1. The third kappa shape index (κ3) is 6.52. The van der Waals surface area contributed by atoms with Crippen LogP contribution in [0.2, 0.25) is 5.02 Å². The molecule has 39 heavy (non-hydrogen) atoms. The normalized spacial score (nSPS) is 19.9. The van der Waals surface area contributed by atoms with E-state index in [-0.39, 0.29) is 18.1 Å². The predicted molar refractivity (Wildman–Crippen MR) is 151 cm³/mol. The summed E-state index contributed by atoms with van der Waals surface area (Å²) in [5, 5.41) is 4.75. The third-order valence-corrected chi connectivity index (χ3v) is 7.63. The first-order valence-corrected chi connectivity index (χ1v) is 13.8. The second-order valence-corrected chi connectivity index (χ2v) is 10.8. The number of fused-ring (bicyclic) bond motifs is 4. The van der Waals surface area contributed by atoms with Gasteiger partial charge in [-0.1, -0.05) is 17.7 Å². The van der Waals surface area contributed by atoms with Crippen LogP contribution in [0.5, 0.6) is 11.5 Å². The average molecular weight is 550 g/mol. The summed E-state index contributed by atoms with van der Waals surface area (Å²) >= 11 is 5.97. The number of hydrazone groups is 1. The van der Waals surface area contributed by atoms with Crippen molar-refractivity contribution in [2.75, 3.05) is 26.3 Å². The SMILES string of the molecule is CCOc1ccc(C=NNC(=O)COc2ccc(Cl)cc2C)cc1C[NH+]1CC2CC(C1)c1cccc(=O)n1C2. The van der Waals surface area contributed by atoms with Crippen molar-refractivity contribution in [2.45, 2.75) is 39.3 Å². The standard InChI is InChI=1S/C30H33ClN4O4/c1-3-38-28-9-7-21(14-32-33-29(36)19-39-27-10-8-25(31)11-20(27)2)12-24(28)18-34-15-22-13-23(17-34)26-5-4-6-30(37)35(26)16-22/h4-12,14,22-23H,3,13,15-19H2,1-2H3,(H,33,36)/p+1. The monoisotopic (exact) mass is 549 g/mol. The van der Waals surface area contributed by atoms with Crippen molar-refractivity contribution in [3.05, 3.63) is 92.4 Å². The lowest BCUT2D eigenvalue weighted by atomic mass is 9.83. The highest BCUT2D eigenvalue weighted by molar-refractivity contribution is 6.30. The minimum absolute atomic E-state index is 0.106. The van der Waals surface area contributed by atoms with Crippen LogP contribution in [0, 0.1) is 12.8 Å². The van der Waals surface area contributed by atoms with Gasteiger partial charge < -0.3 is 18.9 Å². The molecule has 9 heteroatoms. The van der Waals surface area contributed by atoms with Crippen LogP contribution in [-0.4, -0.2) is 43.0 Å². The highest BCUT2D eigenvalue weighted by Crippen LogP contribution is 2.30. The Kier molecular flexibility index (Phi) is 8.33. The molecule has 2 N–H and O–H groups in total. The fraction of sp³-hybridized carbons (Fsp3) is 0.367. The number of piperidine rings is 1. The van der Waals surface area contributed by atoms with Crippen LogP contribution in [0.15, 0.2) is 64.5 Å². The summed E-state index contributed by atoms with van der Waals surface area (Å²) in [6.07, 6.45) is 2.77. The van der Waals surface area contributed by atoms with Crippen LogP contribution in [0.25, 0.3) is 0 Å². The van der Waals surface area contributed by atoms with E-state index < -0.39 is 0 Å².